The number of ether oxygens (including phenoxy) is 1. The Bertz CT molecular complexity index is 1010. The average Bonchev–Trinajstić information content (AvgIpc) is 3.05. The molecule has 0 bridgehead atoms. The molecule has 1 unspecified atom stereocenters. The molecule has 2 amide bonds. The predicted octanol–water partition coefficient (Wildman–Crippen LogP) is 3.64. The lowest BCUT2D eigenvalue weighted by molar-refractivity contribution is -0.132. The fourth-order valence-electron chi connectivity index (χ4n) is 3.02. The second-order valence-corrected chi connectivity index (χ2v) is 7.58. The van der Waals surface area contributed by atoms with Crippen LogP contribution in [0, 0.1) is 13.8 Å². The maximum absolute atomic E-state index is 12.3. The van der Waals surface area contributed by atoms with Crippen LogP contribution in [0.3, 0.4) is 0 Å². The number of para-hydroxylation sites is 1. The van der Waals surface area contributed by atoms with Crippen molar-refractivity contribution in [1.29, 1.82) is 0 Å². The van der Waals surface area contributed by atoms with Crippen molar-refractivity contribution in [2.45, 2.75) is 33.4 Å². The van der Waals surface area contributed by atoms with Gasteiger partial charge in [0.15, 0.2) is 6.10 Å². The van der Waals surface area contributed by atoms with E-state index in [1.165, 1.54) is 0 Å². The van der Waals surface area contributed by atoms with Crippen LogP contribution >= 0.6 is 15.9 Å². The Balaban J connectivity index is 1.55. The van der Waals surface area contributed by atoms with E-state index < -0.39 is 12.0 Å². The number of carbonyl (C=O) groups is 2. The summed E-state index contributed by atoms with van der Waals surface area (Å²) in [5.41, 5.74) is 7.68. The van der Waals surface area contributed by atoms with Gasteiger partial charge in [0.1, 0.15) is 12.3 Å². The van der Waals surface area contributed by atoms with Crippen molar-refractivity contribution in [3.8, 4) is 5.75 Å². The molecule has 1 aromatic heterocycles. The number of halogens is 1. The Morgan fingerprint density at radius 1 is 1.11 bits per heavy atom. The lowest BCUT2D eigenvalue weighted by Crippen LogP contribution is -2.48. The third kappa shape index (κ3) is 4.54. The van der Waals surface area contributed by atoms with E-state index >= 15 is 0 Å². The van der Waals surface area contributed by atoms with Gasteiger partial charge in [0.05, 0.1) is 0 Å². The average molecular weight is 444 g/mol. The molecular weight excluding hydrogens is 422 g/mol. The van der Waals surface area contributed by atoms with Gasteiger partial charge in [-0.3, -0.25) is 20.4 Å². The van der Waals surface area contributed by atoms with Crippen molar-refractivity contribution in [2.24, 2.45) is 0 Å². The van der Waals surface area contributed by atoms with Gasteiger partial charge in [-0.1, -0.05) is 34.1 Å². The summed E-state index contributed by atoms with van der Waals surface area (Å²) in [5.74, 6) is -0.0821. The van der Waals surface area contributed by atoms with Crippen LogP contribution in [0.2, 0.25) is 0 Å². The molecule has 2 N–H and O–H groups in total. The van der Waals surface area contributed by atoms with Gasteiger partial charge in [0, 0.05) is 16.2 Å². The Morgan fingerprint density at radius 3 is 2.50 bits per heavy atom. The number of aryl methyl sites for hydroxylation is 2. The minimum Gasteiger partial charge on any atom is -0.480 e. The van der Waals surface area contributed by atoms with Gasteiger partial charge in [-0.2, -0.15) is 0 Å². The third-order valence-corrected chi connectivity index (χ3v) is 4.87. The summed E-state index contributed by atoms with van der Waals surface area (Å²) in [6, 6.07) is 13.6. The lowest BCUT2D eigenvalue weighted by atomic mass is 10.1. The number of hydrogen-bond acceptors (Lipinski definition) is 3. The molecule has 0 saturated heterocycles. The maximum Gasteiger partial charge on any atom is 0.279 e. The highest BCUT2D eigenvalue weighted by Gasteiger charge is 2.18. The predicted molar refractivity (Wildman–Crippen MR) is 112 cm³/mol. The molecule has 0 spiro atoms. The van der Waals surface area contributed by atoms with Crippen LogP contribution in [-0.2, 0) is 16.1 Å². The fraction of sp³-hybridized carbons (Fsp3) is 0.238. The number of nitrogens with zero attached hydrogens (tertiary/aromatic N) is 1. The number of amides is 2. The Morgan fingerprint density at radius 2 is 1.79 bits per heavy atom. The summed E-state index contributed by atoms with van der Waals surface area (Å²) in [6.07, 6.45) is 1.09. The van der Waals surface area contributed by atoms with Gasteiger partial charge in [-0.25, -0.2) is 0 Å². The van der Waals surface area contributed by atoms with Crippen molar-refractivity contribution < 1.29 is 14.3 Å². The second kappa shape index (κ2) is 8.48. The van der Waals surface area contributed by atoms with Crippen LogP contribution in [0.1, 0.15) is 18.1 Å². The fourth-order valence-corrected chi connectivity index (χ4v) is 3.71. The zero-order chi connectivity index (χ0) is 20.3. The number of hydrazine groups is 1. The number of aromatic nitrogens is 1. The van der Waals surface area contributed by atoms with Crippen LogP contribution in [0.5, 0.6) is 5.75 Å². The molecule has 28 heavy (non-hydrogen) atoms. The van der Waals surface area contributed by atoms with Gasteiger partial charge >= 0.3 is 0 Å². The molecule has 3 aromatic rings. The van der Waals surface area contributed by atoms with E-state index in [0.29, 0.717) is 5.75 Å². The van der Waals surface area contributed by atoms with Gasteiger partial charge in [0.25, 0.3) is 11.8 Å². The first kappa shape index (κ1) is 19.9. The standard InChI is InChI=1S/C21H22BrN3O3/c1-13-10-17(22)11-14(2)20(13)28-15(3)21(27)24-23-19(26)12-25-9-8-16-6-4-5-7-18(16)25/h4-11,15H,12H2,1-3H3,(H,23,26)(H,24,27). The van der Waals surface area contributed by atoms with Crippen molar-refractivity contribution in [2.75, 3.05) is 0 Å². The maximum atomic E-state index is 12.3. The topological polar surface area (TPSA) is 72.4 Å². The summed E-state index contributed by atoms with van der Waals surface area (Å²) in [5, 5.41) is 1.06. The first-order chi connectivity index (χ1) is 13.3. The van der Waals surface area contributed by atoms with E-state index in [4.69, 9.17) is 4.74 Å². The first-order valence-corrected chi connectivity index (χ1v) is 9.70. The van der Waals surface area contributed by atoms with Gasteiger partial charge in [0.2, 0.25) is 0 Å². The molecular formula is C21H22BrN3O3. The SMILES string of the molecule is Cc1cc(Br)cc(C)c1OC(C)C(=O)NNC(=O)Cn1ccc2ccccc21. The smallest absolute Gasteiger partial charge is 0.279 e. The molecule has 0 aliphatic heterocycles. The zero-order valence-corrected chi connectivity index (χ0v) is 17.5. The minimum atomic E-state index is -0.758. The summed E-state index contributed by atoms with van der Waals surface area (Å²) in [4.78, 5) is 24.5. The highest BCUT2D eigenvalue weighted by molar-refractivity contribution is 9.10. The van der Waals surface area contributed by atoms with E-state index in [1.54, 1.807) is 6.92 Å². The van der Waals surface area contributed by atoms with Gasteiger partial charge in [-0.05, 0) is 61.5 Å². The molecule has 0 aliphatic rings. The van der Waals surface area contributed by atoms with Crippen LogP contribution < -0.4 is 15.6 Å². The number of rotatable bonds is 5. The van der Waals surface area contributed by atoms with Crippen LogP contribution in [0.25, 0.3) is 10.9 Å². The molecule has 6 nitrogen and oxygen atoms in total. The Labute approximate surface area is 172 Å². The second-order valence-electron chi connectivity index (χ2n) is 6.67. The quantitative estimate of drug-likeness (QED) is 0.591. The molecule has 3 rings (SSSR count). The van der Waals surface area contributed by atoms with Crippen LogP contribution in [-0.4, -0.2) is 22.5 Å². The zero-order valence-electron chi connectivity index (χ0n) is 16.0. The lowest BCUT2D eigenvalue weighted by Gasteiger charge is -2.18. The molecule has 0 fully saturated rings. The summed E-state index contributed by atoms with van der Waals surface area (Å²) < 4.78 is 8.58. The molecule has 0 radical (unpaired) electrons. The number of carbonyl (C=O) groups excluding carboxylic acids is 2. The van der Waals surface area contributed by atoms with Crippen LogP contribution in [0.4, 0.5) is 0 Å². The number of fused-ring (bicyclic) bond motifs is 1. The molecule has 146 valence electrons. The number of nitrogens with one attached hydrogen (secondary N) is 2. The van der Waals surface area contributed by atoms with E-state index in [2.05, 4.69) is 26.8 Å². The summed E-state index contributed by atoms with van der Waals surface area (Å²) >= 11 is 3.44. The Kier molecular flexibility index (Phi) is 6.04. The normalized spacial score (nSPS) is 11.9. The molecule has 7 heteroatoms. The minimum absolute atomic E-state index is 0.105. The highest BCUT2D eigenvalue weighted by atomic mass is 79.9. The molecule has 0 saturated carbocycles. The van der Waals surface area contributed by atoms with E-state index in [-0.39, 0.29) is 12.5 Å². The Hall–Kier alpha value is -2.80. The van der Waals surface area contributed by atoms with Crippen molar-refractivity contribution >= 4 is 38.6 Å². The molecule has 1 atom stereocenters. The molecule has 0 aliphatic carbocycles. The van der Waals surface area contributed by atoms with Gasteiger partial charge < -0.3 is 9.30 Å². The summed E-state index contributed by atoms with van der Waals surface area (Å²) in [7, 11) is 0. The summed E-state index contributed by atoms with van der Waals surface area (Å²) in [6.45, 7) is 5.58. The van der Waals surface area contributed by atoms with E-state index in [0.717, 1.165) is 26.5 Å². The first-order valence-electron chi connectivity index (χ1n) is 8.91. The highest BCUT2D eigenvalue weighted by Crippen LogP contribution is 2.28. The number of benzene rings is 2. The van der Waals surface area contributed by atoms with Crippen molar-refractivity contribution in [1.82, 2.24) is 15.4 Å². The third-order valence-electron chi connectivity index (χ3n) is 4.41. The molecule has 1 heterocycles. The van der Waals surface area contributed by atoms with Crippen LogP contribution in [0.15, 0.2) is 53.1 Å². The van der Waals surface area contributed by atoms with Crippen molar-refractivity contribution in [3.05, 3.63) is 64.3 Å². The largest absolute Gasteiger partial charge is 0.480 e. The molecule has 2 aromatic carbocycles. The van der Waals surface area contributed by atoms with Gasteiger partial charge in [-0.15, -0.1) is 0 Å². The van der Waals surface area contributed by atoms with E-state index in [9.17, 15) is 9.59 Å². The number of hydrogen-bond donors (Lipinski definition) is 2. The monoisotopic (exact) mass is 443 g/mol. The van der Waals surface area contributed by atoms with Crippen molar-refractivity contribution in [3.63, 3.8) is 0 Å². The van der Waals surface area contributed by atoms with E-state index in [1.807, 2.05) is 67.1 Å².